The molecule has 0 aromatic carbocycles. The maximum absolute atomic E-state index is 6.02. The van der Waals surface area contributed by atoms with Crippen LogP contribution in [0.4, 0.5) is 0 Å². The van der Waals surface area contributed by atoms with Crippen molar-refractivity contribution in [2.24, 2.45) is 5.92 Å². The average molecular weight is 362 g/mol. The third-order valence-corrected chi connectivity index (χ3v) is 6.42. The van der Waals surface area contributed by atoms with E-state index in [0.29, 0.717) is 17.4 Å². The molecule has 4 nitrogen and oxygen atoms in total. The van der Waals surface area contributed by atoms with Crippen LogP contribution in [0.25, 0.3) is 0 Å². The zero-order valence-corrected chi connectivity index (χ0v) is 16.7. The zero-order valence-electron chi connectivity index (χ0n) is 15.0. The first-order valence-corrected chi connectivity index (χ1v) is 11.1. The van der Waals surface area contributed by atoms with Gasteiger partial charge in [-0.25, -0.2) is 0 Å². The van der Waals surface area contributed by atoms with Crippen molar-refractivity contribution in [2.75, 3.05) is 52.4 Å². The van der Waals surface area contributed by atoms with Gasteiger partial charge in [0.05, 0.1) is 12.7 Å². The Morgan fingerprint density at radius 3 is 2.39 bits per heavy atom. The molecule has 1 atom stereocenters. The van der Waals surface area contributed by atoms with Crippen LogP contribution in [0.1, 0.15) is 33.6 Å². The summed E-state index contributed by atoms with van der Waals surface area (Å²) in [6, 6.07) is 0.692. The highest BCUT2D eigenvalue weighted by molar-refractivity contribution is 8.68. The molecular weight excluding hydrogens is 326 g/mol. The van der Waals surface area contributed by atoms with Gasteiger partial charge in [-0.1, -0.05) is 31.6 Å². The van der Waals surface area contributed by atoms with Gasteiger partial charge in [0.1, 0.15) is 0 Å². The number of hydrogen-bond acceptors (Lipinski definition) is 6. The van der Waals surface area contributed by atoms with Crippen molar-refractivity contribution in [2.45, 2.75) is 51.0 Å². The minimum absolute atomic E-state index is 0.495. The van der Waals surface area contributed by atoms with Crippen LogP contribution in [0.3, 0.4) is 0 Å². The van der Waals surface area contributed by atoms with Crippen molar-refractivity contribution >= 4 is 22.5 Å². The standard InChI is InChI=1S/C17H35N3OS2/c1-14(2)12-18-16-10-17(11-16)21-9-8-19-4-6-20(7-5-19)13-15(3)23-22/h14-18,22H,4-13H2,1-3H3/t15?,16-,17-. The monoisotopic (exact) mass is 361 g/mol. The number of nitrogens with one attached hydrogen (secondary N) is 1. The summed E-state index contributed by atoms with van der Waals surface area (Å²) < 4.78 is 6.02. The van der Waals surface area contributed by atoms with Gasteiger partial charge in [-0.3, -0.25) is 9.80 Å². The van der Waals surface area contributed by atoms with Crippen LogP contribution in [-0.4, -0.2) is 79.6 Å². The molecule has 0 bridgehead atoms. The summed E-state index contributed by atoms with van der Waals surface area (Å²) in [6.07, 6.45) is 2.88. The molecule has 1 saturated heterocycles. The molecule has 0 radical (unpaired) electrons. The number of ether oxygens (including phenoxy) is 1. The second-order valence-electron chi connectivity index (χ2n) is 7.52. The van der Waals surface area contributed by atoms with Crippen molar-refractivity contribution in [3.05, 3.63) is 0 Å². The third-order valence-electron chi connectivity index (χ3n) is 4.83. The highest BCUT2D eigenvalue weighted by Crippen LogP contribution is 2.23. The van der Waals surface area contributed by atoms with Crippen LogP contribution in [0.15, 0.2) is 0 Å². The molecule has 1 N–H and O–H groups in total. The van der Waals surface area contributed by atoms with Crippen LogP contribution in [-0.2, 0) is 4.74 Å². The second kappa shape index (κ2) is 10.5. The molecule has 0 aromatic rings. The summed E-state index contributed by atoms with van der Waals surface area (Å²) in [7, 11) is 1.66. The fourth-order valence-corrected chi connectivity index (χ4v) is 3.69. The topological polar surface area (TPSA) is 27.7 Å². The van der Waals surface area contributed by atoms with Gasteiger partial charge in [-0.2, -0.15) is 0 Å². The molecule has 0 spiro atoms. The lowest BCUT2D eigenvalue weighted by Crippen LogP contribution is -2.49. The van der Waals surface area contributed by atoms with Gasteiger partial charge in [0.15, 0.2) is 0 Å². The summed E-state index contributed by atoms with van der Waals surface area (Å²) in [6.45, 7) is 15.8. The lowest BCUT2D eigenvalue weighted by molar-refractivity contribution is -0.0281. The van der Waals surface area contributed by atoms with Crippen LogP contribution in [0.5, 0.6) is 0 Å². The van der Waals surface area contributed by atoms with E-state index in [1.807, 2.05) is 0 Å². The Morgan fingerprint density at radius 1 is 1.13 bits per heavy atom. The Balaban J connectivity index is 1.46. The van der Waals surface area contributed by atoms with Gasteiger partial charge in [-0.15, -0.1) is 11.7 Å². The van der Waals surface area contributed by atoms with Crippen molar-refractivity contribution in [3.63, 3.8) is 0 Å². The molecule has 0 aromatic heterocycles. The third kappa shape index (κ3) is 7.53. The predicted octanol–water partition coefficient (Wildman–Crippen LogP) is 2.36. The highest BCUT2D eigenvalue weighted by atomic mass is 33.1. The van der Waals surface area contributed by atoms with Gasteiger partial charge in [0.2, 0.25) is 0 Å². The molecule has 0 amide bonds. The quantitative estimate of drug-likeness (QED) is 0.460. The molecule has 6 heteroatoms. The van der Waals surface area contributed by atoms with E-state index >= 15 is 0 Å². The van der Waals surface area contributed by atoms with Crippen LogP contribution < -0.4 is 5.32 Å². The van der Waals surface area contributed by atoms with Gasteiger partial charge in [0.25, 0.3) is 0 Å². The van der Waals surface area contributed by atoms with E-state index in [-0.39, 0.29) is 0 Å². The lowest BCUT2D eigenvalue weighted by Gasteiger charge is -2.38. The molecule has 2 rings (SSSR count). The van der Waals surface area contributed by atoms with E-state index in [1.165, 1.54) is 39.0 Å². The molecule has 23 heavy (non-hydrogen) atoms. The van der Waals surface area contributed by atoms with Crippen LogP contribution >= 0.6 is 22.5 Å². The Labute approximate surface area is 151 Å². The molecule has 1 saturated carbocycles. The van der Waals surface area contributed by atoms with Crippen LogP contribution in [0.2, 0.25) is 0 Å². The van der Waals surface area contributed by atoms with E-state index < -0.39 is 0 Å². The zero-order chi connectivity index (χ0) is 16.7. The number of rotatable bonds is 10. The summed E-state index contributed by atoms with van der Waals surface area (Å²) in [5.41, 5.74) is 0. The summed E-state index contributed by atoms with van der Waals surface area (Å²) in [4.78, 5) is 5.10. The normalized spacial score (nSPS) is 28.0. The highest BCUT2D eigenvalue weighted by Gasteiger charge is 2.29. The number of thiol groups is 1. The first kappa shape index (κ1) is 19.9. The first-order chi connectivity index (χ1) is 11.1. The first-order valence-electron chi connectivity index (χ1n) is 9.16. The van der Waals surface area contributed by atoms with Gasteiger partial charge in [-0.05, 0) is 25.3 Å². The number of nitrogens with zero attached hydrogens (tertiary/aromatic N) is 2. The van der Waals surface area contributed by atoms with E-state index in [2.05, 4.69) is 47.5 Å². The van der Waals surface area contributed by atoms with Crippen molar-refractivity contribution in [1.82, 2.24) is 15.1 Å². The molecule has 1 aliphatic heterocycles. The molecule has 1 aliphatic carbocycles. The largest absolute Gasteiger partial charge is 0.377 e. The summed E-state index contributed by atoms with van der Waals surface area (Å²) in [5, 5.41) is 4.23. The maximum atomic E-state index is 6.02. The van der Waals surface area contributed by atoms with Crippen molar-refractivity contribution < 1.29 is 4.74 Å². The maximum Gasteiger partial charge on any atom is 0.0605 e. The minimum atomic E-state index is 0.495. The molecule has 136 valence electrons. The van der Waals surface area contributed by atoms with E-state index in [4.69, 9.17) is 4.74 Å². The molecule has 2 aliphatic rings. The van der Waals surface area contributed by atoms with Gasteiger partial charge in [0, 0.05) is 50.6 Å². The smallest absolute Gasteiger partial charge is 0.0605 e. The number of hydrogen-bond donors (Lipinski definition) is 2. The Bertz CT molecular complexity index is 319. The molecular formula is C17H35N3OS2. The van der Waals surface area contributed by atoms with Gasteiger partial charge >= 0.3 is 0 Å². The molecule has 1 heterocycles. The van der Waals surface area contributed by atoms with E-state index in [1.54, 1.807) is 10.8 Å². The van der Waals surface area contributed by atoms with Gasteiger partial charge < -0.3 is 10.1 Å². The average Bonchev–Trinajstić information content (AvgIpc) is 2.49. The fraction of sp³-hybridized carbons (Fsp3) is 1.00. The van der Waals surface area contributed by atoms with E-state index in [0.717, 1.165) is 32.2 Å². The SMILES string of the molecule is CC(C)CN[C@H]1C[C@H](OCCN2CCN(CC(C)SS)CC2)C1. The Kier molecular flexibility index (Phi) is 9.08. The number of piperazine rings is 1. The molecule has 1 unspecified atom stereocenters. The van der Waals surface area contributed by atoms with E-state index in [9.17, 15) is 0 Å². The van der Waals surface area contributed by atoms with Crippen molar-refractivity contribution in [3.8, 4) is 0 Å². The summed E-state index contributed by atoms with van der Waals surface area (Å²) >= 11 is 4.30. The predicted molar refractivity (Wildman–Crippen MR) is 105 cm³/mol. The Hall–Kier alpha value is 0.540. The Morgan fingerprint density at radius 2 is 1.78 bits per heavy atom. The van der Waals surface area contributed by atoms with Crippen molar-refractivity contribution in [1.29, 1.82) is 0 Å². The minimum Gasteiger partial charge on any atom is -0.377 e. The molecule has 2 fully saturated rings. The fourth-order valence-electron chi connectivity index (χ4n) is 3.21. The van der Waals surface area contributed by atoms with Crippen LogP contribution in [0, 0.1) is 5.92 Å². The second-order valence-corrected chi connectivity index (χ2v) is 9.17. The summed E-state index contributed by atoms with van der Waals surface area (Å²) in [5.74, 6) is 0.739. The lowest BCUT2D eigenvalue weighted by atomic mass is 9.89.